The number of rotatable bonds is 3. The van der Waals surface area contributed by atoms with Gasteiger partial charge in [0.25, 0.3) is 0 Å². The molecule has 0 radical (unpaired) electrons. The van der Waals surface area contributed by atoms with Gasteiger partial charge in [-0.1, -0.05) is 0 Å². The van der Waals surface area contributed by atoms with Gasteiger partial charge in [0, 0.05) is 13.5 Å². The van der Waals surface area contributed by atoms with E-state index < -0.39 is 5.97 Å². The summed E-state index contributed by atoms with van der Waals surface area (Å²) >= 11 is 0. The first kappa shape index (κ1) is 13.1. The van der Waals surface area contributed by atoms with Gasteiger partial charge in [-0.2, -0.15) is 0 Å². The second-order valence-electron chi connectivity index (χ2n) is 3.13. The summed E-state index contributed by atoms with van der Waals surface area (Å²) in [7, 11) is 1.69. The molecule has 0 spiro atoms. The monoisotopic (exact) mass is 198 g/mol. The fraction of sp³-hybridized carbons (Fsp3) is 0.875. The van der Waals surface area contributed by atoms with Gasteiger partial charge >= 0.3 is 57.4 Å². The molecule has 0 amide bonds. The van der Waals surface area contributed by atoms with Crippen molar-refractivity contribution in [1.29, 1.82) is 0 Å². The summed E-state index contributed by atoms with van der Waals surface area (Å²) in [5.74, 6) is -0.343. The van der Waals surface area contributed by atoms with Crippen molar-refractivity contribution >= 4 is 57.4 Å². The molecule has 2 unspecified atom stereocenters. The third-order valence-corrected chi connectivity index (χ3v) is 2.29. The Hall–Kier alpha value is 1.07. The van der Waals surface area contributed by atoms with Crippen LogP contribution in [0.2, 0.25) is 0 Å². The van der Waals surface area contributed by atoms with Gasteiger partial charge in [0.15, 0.2) is 0 Å². The maximum absolute atomic E-state index is 10.3. The van der Waals surface area contributed by atoms with Gasteiger partial charge in [-0.05, 0) is 25.2 Å². The van der Waals surface area contributed by atoms with E-state index >= 15 is 0 Å². The molecule has 2 atom stereocenters. The molecule has 4 heteroatoms. The zero-order valence-electron chi connectivity index (χ0n) is 6.75. The van der Waals surface area contributed by atoms with Crippen molar-refractivity contribution in [3.05, 3.63) is 0 Å². The predicted octanol–water partition coefficient (Wildman–Crippen LogP) is 0.628. The van der Waals surface area contributed by atoms with Crippen molar-refractivity contribution in [2.45, 2.75) is 31.8 Å². The van der Waals surface area contributed by atoms with Gasteiger partial charge in [0.2, 0.25) is 0 Å². The zero-order chi connectivity index (χ0) is 8.27. The third kappa shape index (κ3) is 4.34. The van der Waals surface area contributed by atoms with E-state index in [0.717, 1.165) is 19.3 Å². The van der Waals surface area contributed by atoms with Crippen molar-refractivity contribution in [3.8, 4) is 0 Å². The van der Waals surface area contributed by atoms with Crippen molar-refractivity contribution in [1.82, 2.24) is 0 Å². The van der Waals surface area contributed by atoms with Gasteiger partial charge in [-0.15, -0.1) is 0 Å². The van der Waals surface area contributed by atoms with Crippen LogP contribution in [0.4, 0.5) is 0 Å². The van der Waals surface area contributed by atoms with E-state index in [9.17, 15) is 4.79 Å². The number of hydrogen-bond acceptors (Lipinski definition) is 2. The Morgan fingerprint density at radius 3 is 2.67 bits per heavy atom. The van der Waals surface area contributed by atoms with E-state index in [4.69, 9.17) is 9.84 Å². The zero-order valence-corrected chi connectivity index (χ0v) is 6.75. The number of aliphatic carboxylic acids is 1. The molecule has 1 aliphatic rings. The summed E-state index contributed by atoms with van der Waals surface area (Å²) in [6, 6.07) is 0. The van der Waals surface area contributed by atoms with Crippen LogP contribution < -0.4 is 0 Å². The normalized spacial score (nSPS) is 28.1. The summed E-state index contributed by atoms with van der Waals surface area (Å²) in [5, 5.41) is 8.49. The van der Waals surface area contributed by atoms with Crippen LogP contribution in [0.3, 0.4) is 0 Å². The average molecular weight is 198 g/mol. The Labute approximate surface area is 115 Å². The van der Waals surface area contributed by atoms with Crippen LogP contribution in [-0.2, 0) is 9.53 Å². The fourth-order valence-electron chi connectivity index (χ4n) is 1.68. The standard InChI is InChI=1S/C8H14O3.K.H/c1-11-7-3-2-6(4-7)5-8(9)10;;/h6-7H,2-5H2,1H3,(H,9,10);;. The minimum atomic E-state index is -0.688. The first-order valence-electron chi connectivity index (χ1n) is 3.97. The molecule has 66 valence electrons. The molecule has 3 nitrogen and oxygen atoms in total. The predicted molar refractivity (Wildman–Crippen MR) is 47.5 cm³/mol. The molecule has 0 aromatic heterocycles. The second-order valence-corrected chi connectivity index (χ2v) is 3.13. The molecule has 0 bridgehead atoms. The molecule has 1 fully saturated rings. The van der Waals surface area contributed by atoms with Crippen LogP contribution >= 0.6 is 0 Å². The molecule has 0 heterocycles. The van der Waals surface area contributed by atoms with Gasteiger partial charge in [-0.25, -0.2) is 0 Å². The average Bonchev–Trinajstić information content (AvgIpc) is 2.34. The number of ether oxygens (including phenoxy) is 1. The summed E-state index contributed by atoms with van der Waals surface area (Å²) in [6.45, 7) is 0. The summed E-state index contributed by atoms with van der Waals surface area (Å²) < 4.78 is 5.13. The molecule has 1 aliphatic carbocycles. The van der Waals surface area contributed by atoms with Crippen molar-refractivity contribution in [2.24, 2.45) is 5.92 Å². The van der Waals surface area contributed by atoms with Gasteiger partial charge in [0.05, 0.1) is 6.10 Å². The first-order chi connectivity index (χ1) is 5.22. The van der Waals surface area contributed by atoms with Crippen LogP contribution in [0.5, 0.6) is 0 Å². The van der Waals surface area contributed by atoms with Gasteiger partial charge in [0.1, 0.15) is 0 Å². The fourth-order valence-corrected chi connectivity index (χ4v) is 1.68. The molecule has 1 saturated carbocycles. The SMILES string of the molecule is COC1CCC(CC(=O)O)C1.[KH]. The number of carboxylic acid groups (broad SMARTS) is 1. The van der Waals surface area contributed by atoms with E-state index in [-0.39, 0.29) is 51.4 Å². The minimum absolute atomic E-state index is 0. The van der Waals surface area contributed by atoms with E-state index in [1.807, 2.05) is 0 Å². The first-order valence-corrected chi connectivity index (χ1v) is 3.97. The van der Waals surface area contributed by atoms with Crippen LogP contribution in [-0.4, -0.2) is 75.7 Å². The summed E-state index contributed by atoms with van der Waals surface area (Å²) in [4.78, 5) is 10.3. The molecule has 0 aromatic carbocycles. The molecule has 1 rings (SSSR count). The Morgan fingerprint density at radius 1 is 1.58 bits per heavy atom. The third-order valence-electron chi connectivity index (χ3n) is 2.29. The Bertz CT molecular complexity index is 149. The molecule has 0 saturated heterocycles. The second kappa shape index (κ2) is 6.51. The molecule has 12 heavy (non-hydrogen) atoms. The molecule has 0 aromatic rings. The Balaban J connectivity index is 0.00000121. The summed E-state index contributed by atoms with van der Waals surface area (Å²) in [6.07, 6.45) is 3.56. The Kier molecular flexibility index (Phi) is 7.09. The van der Waals surface area contributed by atoms with Crippen molar-refractivity contribution in [2.75, 3.05) is 7.11 Å². The van der Waals surface area contributed by atoms with Gasteiger partial charge < -0.3 is 9.84 Å². The number of hydrogen-bond donors (Lipinski definition) is 1. The van der Waals surface area contributed by atoms with Crippen molar-refractivity contribution in [3.63, 3.8) is 0 Å². The van der Waals surface area contributed by atoms with Crippen LogP contribution in [0.25, 0.3) is 0 Å². The number of carboxylic acids is 1. The number of methoxy groups -OCH3 is 1. The molecular weight excluding hydrogens is 183 g/mol. The van der Waals surface area contributed by atoms with E-state index in [2.05, 4.69) is 0 Å². The summed E-state index contributed by atoms with van der Waals surface area (Å²) in [5.41, 5.74) is 0. The van der Waals surface area contributed by atoms with Crippen LogP contribution in [0, 0.1) is 5.92 Å². The van der Waals surface area contributed by atoms with Crippen LogP contribution in [0.15, 0.2) is 0 Å². The maximum atomic E-state index is 10.3. The van der Waals surface area contributed by atoms with Gasteiger partial charge in [-0.3, -0.25) is 4.79 Å². The topological polar surface area (TPSA) is 46.5 Å². The molecular formula is C8H15KO3. The van der Waals surface area contributed by atoms with Crippen LogP contribution in [0.1, 0.15) is 25.7 Å². The molecule has 0 aliphatic heterocycles. The number of carbonyl (C=O) groups is 1. The Morgan fingerprint density at radius 2 is 2.25 bits per heavy atom. The van der Waals surface area contributed by atoms with E-state index in [1.54, 1.807) is 7.11 Å². The van der Waals surface area contributed by atoms with E-state index in [1.165, 1.54) is 0 Å². The quantitative estimate of drug-likeness (QED) is 0.677. The molecule has 1 N–H and O–H groups in total. The van der Waals surface area contributed by atoms with E-state index in [0.29, 0.717) is 18.4 Å². The van der Waals surface area contributed by atoms with Crippen molar-refractivity contribution < 1.29 is 14.6 Å².